The molecule has 0 saturated carbocycles. The number of Topliss-reactive ketones (excluding diaryl/α,β-unsaturated/α-hetero) is 2. The van der Waals surface area contributed by atoms with E-state index < -0.39 is 47.8 Å². The van der Waals surface area contributed by atoms with Crippen molar-refractivity contribution in [3.63, 3.8) is 0 Å². The van der Waals surface area contributed by atoms with E-state index in [-0.39, 0.29) is 100.0 Å². The third kappa shape index (κ3) is 38.9. The van der Waals surface area contributed by atoms with Crippen LogP contribution in [-0.2, 0) is 52.2 Å². The maximum atomic E-state index is 12.4. The predicted octanol–water partition coefficient (Wildman–Crippen LogP) is 12.2. The van der Waals surface area contributed by atoms with E-state index in [0.717, 1.165) is 89.3 Å². The summed E-state index contributed by atoms with van der Waals surface area (Å²) in [4.78, 5) is 141. The largest absolute Gasteiger partial charge is 1.00 e. The predicted molar refractivity (Wildman–Crippen MR) is 528 cm³/mol. The quantitative estimate of drug-likeness (QED) is 0.0149. The number of anilines is 2. The fraction of sp³-hybridized carbons (Fsp3) is 0.326. The van der Waals surface area contributed by atoms with Crippen molar-refractivity contribution in [1.29, 1.82) is 0 Å². The Labute approximate surface area is 855 Å². The van der Waals surface area contributed by atoms with Gasteiger partial charge in [-0.05, 0) is 225 Å². The van der Waals surface area contributed by atoms with Crippen molar-refractivity contribution in [2.75, 3.05) is 183 Å². The number of carboxylic acid groups (broad SMARTS) is 2. The van der Waals surface area contributed by atoms with Crippen LogP contribution < -0.4 is 43.1 Å². The zero-order chi connectivity index (χ0) is 100. The van der Waals surface area contributed by atoms with Gasteiger partial charge in [-0.15, -0.1) is 11.8 Å². The molecule has 0 aliphatic carbocycles. The number of phenols is 4. The van der Waals surface area contributed by atoms with Gasteiger partial charge in [-0.3, -0.25) is 24.0 Å². The van der Waals surface area contributed by atoms with E-state index in [1.54, 1.807) is 17.8 Å². The number of aromatic hydroxyl groups is 4. The van der Waals surface area contributed by atoms with Crippen LogP contribution in [0.25, 0.3) is 21.9 Å². The highest BCUT2D eigenvalue weighted by atomic mass is 79.9. The molecule has 0 amide bonds. The van der Waals surface area contributed by atoms with Crippen molar-refractivity contribution >= 4 is 245 Å². The van der Waals surface area contributed by atoms with Crippen LogP contribution in [0.2, 0.25) is 0 Å². The summed E-state index contributed by atoms with van der Waals surface area (Å²) in [5.41, 5.74) is 2.14. The number of halogens is 9. The first kappa shape index (κ1) is 119. The fourth-order valence-corrected chi connectivity index (χ4v) is 15.1. The molecular formula is C89H94Br6Cl3N5O31S2. The minimum absolute atomic E-state index is 0. The number of hydrogen-bond acceptors (Lipinski definition) is 34. The maximum Gasteiger partial charge on any atom is 0.341 e. The van der Waals surface area contributed by atoms with Crippen LogP contribution in [0.1, 0.15) is 114 Å². The Morgan fingerprint density at radius 3 is 1.15 bits per heavy atom. The van der Waals surface area contributed by atoms with Gasteiger partial charge in [0, 0.05) is 94.6 Å². The number of nitrogens with one attached hydrogen (secondary N) is 1. The van der Waals surface area contributed by atoms with Crippen molar-refractivity contribution in [2.45, 2.75) is 20.8 Å². The number of benzene rings is 7. The lowest BCUT2D eigenvalue weighted by Gasteiger charge is -2.27. The van der Waals surface area contributed by atoms with Crippen molar-refractivity contribution in [3.8, 4) is 28.7 Å². The molecule has 5 aliphatic rings. The maximum absolute atomic E-state index is 12.4. The van der Waals surface area contributed by atoms with Gasteiger partial charge in [0.05, 0.1) is 176 Å². The van der Waals surface area contributed by atoms with Gasteiger partial charge in [0.1, 0.15) is 46.3 Å². The number of nitrogens with zero attached hydrogens (tertiary/aromatic N) is 4. The first-order valence-corrected chi connectivity index (χ1v) is 46.9. The SMILES string of the molecule is C1COCCN1.CC(=O)c1cc(C(=O)O)cc(Br)c1O.COC(=O)c1cc(Br)c(O)c(C(C)=O)c1.COC(=O)c1cc(Br)c2oc(N3CCOCC3)cc(=O)c2c1.COC(=O)c1ccc(O)c(Br)c1.COC(=O)c1ccc(O)cc1.COC(=O)c1ccc(OC(C)=O)c(Br)c1.CSC(=S)N1CCOCC1.ClC(Cl)=[N+]1CCOCC1.O=C(O)c1cc(Br)c2oc(N3CCOCC3)cc(=O)c2c1.[Cl-]. The number of thioether (sulfide) groups is 1. The minimum Gasteiger partial charge on any atom is -1.00 e. The van der Waals surface area contributed by atoms with Gasteiger partial charge < -0.3 is 124 Å². The number of ether oxygens (including phenoxy) is 11. The highest BCUT2D eigenvalue weighted by Gasteiger charge is 2.24. The molecule has 136 heavy (non-hydrogen) atoms. The van der Waals surface area contributed by atoms with Crippen molar-refractivity contribution in [2.24, 2.45) is 0 Å². The van der Waals surface area contributed by atoms with Crippen LogP contribution in [0, 0.1) is 0 Å². The lowest BCUT2D eigenvalue weighted by atomic mass is 10.1. The smallest absolute Gasteiger partial charge is 0.341 e. The molecule has 0 bridgehead atoms. The van der Waals surface area contributed by atoms with Crippen LogP contribution in [0.5, 0.6) is 28.7 Å². The molecule has 36 nitrogen and oxygen atoms in total. The third-order valence-electron chi connectivity index (χ3n) is 18.2. The molecule has 5 fully saturated rings. The second-order valence-corrected chi connectivity index (χ2v) is 34.9. The number of carbonyl (C=O) groups excluding carboxylic acids is 8. The molecule has 9 aromatic rings. The van der Waals surface area contributed by atoms with E-state index in [1.165, 1.54) is 166 Å². The Bertz CT molecular complexity index is 5800. The zero-order valence-corrected chi connectivity index (χ0v) is 87.5. The highest BCUT2D eigenvalue weighted by molar-refractivity contribution is 9.11. The molecule has 736 valence electrons. The number of rotatable bonds is 12. The molecule has 47 heteroatoms. The van der Waals surface area contributed by atoms with Gasteiger partial charge in [-0.2, -0.15) is 0 Å². The summed E-state index contributed by atoms with van der Waals surface area (Å²) in [7, 11) is 6.47. The van der Waals surface area contributed by atoms with Gasteiger partial charge in [0.2, 0.25) is 0 Å². The molecule has 7 aromatic carbocycles. The molecule has 14 rings (SSSR count). The van der Waals surface area contributed by atoms with Crippen molar-refractivity contribution in [3.05, 3.63) is 219 Å². The van der Waals surface area contributed by atoms with Crippen molar-refractivity contribution in [1.82, 2.24) is 10.2 Å². The number of phenolic OH excluding ortho intramolecular Hbond substituents is 4. The number of thiocarbonyl (C=S) groups is 1. The molecular weight excluding hydrogens is 2280 g/mol. The normalized spacial score (nSPS) is 13.3. The molecule has 0 unspecified atom stereocenters. The summed E-state index contributed by atoms with van der Waals surface area (Å²) in [5, 5.41) is 58.4. The number of hydrogen-bond donors (Lipinski definition) is 7. The Morgan fingerprint density at radius 2 is 0.779 bits per heavy atom. The van der Waals surface area contributed by atoms with E-state index in [9.17, 15) is 67.7 Å². The molecule has 0 spiro atoms. The number of ketones is 2. The van der Waals surface area contributed by atoms with Gasteiger partial charge in [0.15, 0.2) is 58.4 Å². The molecule has 2 aromatic heterocycles. The average Bonchev–Trinajstić information content (AvgIpc) is 0.778. The number of morpholine rings is 5. The lowest BCUT2D eigenvalue weighted by Crippen LogP contribution is -3.00. The highest BCUT2D eigenvalue weighted by Crippen LogP contribution is 2.35. The Morgan fingerprint density at radius 1 is 0.434 bits per heavy atom. The second kappa shape index (κ2) is 61.6. The molecule has 0 atom stereocenters. The van der Waals surface area contributed by atoms with Crippen molar-refractivity contribution < 1.29 is 157 Å². The van der Waals surface area contributed by atoms with Crippen LogP contribution in [0.3, 0.4) is 0 Å². The van der Waals surface area contributed by atoms with Gasteiger partial charge in [-0.25, -0.2) is 38.1 Å². The summed E-state index contributed by atoms with van der Waals surface area (Å²) >= 11 is 36.7. The first-order valence-electron chi connectivity index (χ1n) is 39.7. The summed E-state index contributed by atoms with van der Waals surface area (Å²) in [6.07, 6.45) is 2.01. The minimum atomic E-state index is -1.15. The average molecular weight is 2380 g/mol. The fourth-order valence-electron chi connectivity index (χ4n) is 11.3. The lowest BCUT2D eigenvalue weighted by molar-refractivity contribution is -0.545. The number of methoxy groups -OCH3 is 5. The van der Waals surface area contributed by atoms with Crippen LogP contribution in [0.15, 0.2) is 167 Å². The number of carboxylic acids is 2. The topological polar surface area (TPSA) is 479 Å². The Hall–Kier alpha value is -9.72. The molecule has 7 heterocycles. The molecule has 7 N–H and O–H groups in total. The standard InChI is InChI=1S/C15H14BrNO5.C14H12BrNO5.2C10H9BrO4.C9H7BrO4.C8H7BrO3.C8H8O3.C6H11NOS2.C5H8Cl2NO.C4H9NO.ClH/c1-20-15(19)9-6-10-12(18)8-13(17-2-4-21-5-3-17)22-14(10)11(16)7-9;15-10-6-8(14(18)19)5-9-11(17)7-12(21-13(9)10)16-1-3-20-4-2-16;1-5(12)7-3-6(10(14)15-2)4-8(11)9(7)13;1-6(12)15-9-4-3-7(5-8(9)11)10(13)14-2;1-4(11)6-2-5(9(13)14)3-7(10)8(6)12;1-12-8(11)5-2-3-7(10)6(9)4-5;1-11-8(10)6-2-4-7(9)5-3-6;1-10-6(9)7-2-4-8-5-3-7;6-5(7)8-1-3-9-4-2-8;1-3-6-4-2-5-1;/h6-8H,2-5H2,1H3;5-7H,1-4H2,(H,18,19);3-4,13H,1-2H3;3-5H,1-2H3;2-3,12H,1H3,(H,13,14);2-4,10H,1H3;2-5,9H,1H3;2-5H2,1H3;1-4H2;5H,1-4H2;1H/q;;;;;;;;+1;;/p-1. The first-order chi connectivity index (χ1) is 64.1. The number of carbonyl (C=O) groups is 10. The monoisotopic (exact) mass is 2370 g/mol. The Kier molecular flexibility index (Phi) is 53.7. The zero-order valence-electron chi connectivity index (χ0n) is 74.1. The van der Waals surface area contributed by atoms with Gasteiger partial charge in [0.25, 0.3) is 0 Å². The Balaban J connectivity index is 0.000000321. The van der Waals surface area contributed by atoms with Crippen LogP contribution >= 0.6 is 143 Å². The van der Waals surface area contributed by atoms with Gasteiger partial charge >= 0.3 is 52.4 Å². The number of aromatic carboxylic acids is 2. The van der Waals surface area contributed by atoms with Gasteiger partial charge in [-0.1, -0.05) is 12.2 Å². The van der Waals surface area contributed by atoms with E-state index in [0.29, 0.717) is 131 Å². The van der Waals surface area contributed by atoms with E-state index in [4.69, 9.17) is 93.1 Å². The van der Waals surface area contributed by atoms with E-state index in [2.05, 4.69) is 129 Å². The summed E-state index contributed by atoms with van der Waals surface area (Å²) in [6, 6.07) is 28.6. The van der Waals surface area contributed by atoms with Crippen LogP contribution in [0.4, 0.5) is 11.8 Å². The second-order valence-electron chi connectivity index (χ2n) is 27.4. The summed E-state index contributed by atoms with van der Waals surface area (Å²) in [6.45, 7) is 19.3. The molecule has 0 radical (unpaired) electrons. The number of esters is 6. The third-order valence-corrected chi connectivity index (χ3v) is 23.7. The van der Waals surface area contributed by atoms with E-state index in [1.807, 2.05) is 20.6 Å². The summed E-state index contributed by atoms with van der Waals surface area (Å²) < 4.78 is 70.7. The van der Waals surface area contributed by atoms with Crippen LogP contribution in [-0.4, -0.2) is 282 Å². The van der Waals surface area contributed by atoms with E-state index >= 15 is 0 Å². The summed E-state index contributed by atoms with van der Waals surface area (Å²) in [5.74, 6) is -4.49. The number of fused-ring (bicyclic) bond motifs is 2. The molecule has 5 aliphatic heterocycles. The molecule has 5 saturated heterocycles.